The molecular weight excluding hydrogens is 520 g/mol. The molecule has 1 heterocycles. The second kappa shape index (κ2) is 11.0. The lowest BCUT2D eigenvalue weighted by atomic mass is 9.88. The average molecular weight is 544 g/mol. The van der Waals surface area contributed by atoms with Crippen molar-refractivity contribution in [2.45, 2.75) is 44.9 Å². The van der Waals surface area contributed by atoms with E-state index in [9.17, 15) is 4.79 Å². The molecule has 0 atom stereocenters. The van der Waals surface area contributed by atoms with E-state index < -0.39 is 0 Å². The Morgan fingerprint density at radius 1 is 1.26 bits per heavy atom. The second-order valence-electron chi connectivity index (χ2n) is 8.04. The van der Waals surface area contributed by atoms with Crippen molar-refractivity contribution in [3.05, 3.63) is 61.6 Å². The van der Waals surface area contributed by atoms with Gasteiger partial charge in [0.25, 0.3) is 5.56 Å². The van der Waals surface area contributed by atoms with Gasteiger partial charge in [-0.3, -0.25) is 4.79 Å². The van der Waals surface area contributed by atoms with E-state index in [2.05, 4.69) is 21.0 Å². The van der Waals surface area contributed by atoms with Crippen LogP contribution in [0.5, 0.6) is 11.5 Å². The summed E-state index contributed by atoms with van der Waals surface area (Å²) >= 11 is 9.85. The van der Waals surface area contributed by atoms with Crippen LogP contribution in [0.25, 0.3) is 10.9 Å². The number of rotatable bonds is 7. The highest BCUT2D eigenvalue weighted by molar-refractivity contribution is 9.10. The van der Waals surface area contributed by atoms with Crippen LogP contribution in [0.1, 0.15) is 56.3 Å². The fourth-order valence-corrected chi connectivity index (χ4v) is 4.83. The van der Waals surface area contributed by atoms with Gasteiger partial charge in [0.15, 0.2) is 18.1 Å². The molecule has 1 aromatic heterocycles. The molecule has 2 aromatic carbocycles. The highest BCUT2D eigenvalue weighted by atomic mass is 79.9. The van der Waals surface area contributed by atoms with Crippen LogP contribution in [-0.4, -0.2) is 29.1 Å². The second-order valence-corrected chi connectivity index (χ2v) is 9.36. The van der Waals surface area contributed by atoms with Gasteiger partial charge < -0.3 is 9.47 Å². The summed E-state index contributed by atoms with van der Waals surface area (Å²) in [7, 11) is 0. The van der Waals surface area contributed by atoms with Crippen LogP contribution >= 0.6 is 27.5 Å². The summed E-state index contributed by atoms with van der Waals surface area (Å²) in [6, 6.07) is 10.8. The predicted molar refractivity (Wildman–Crippen MR) is 136 cm³/mol. The summed E-state index contributed by atoms with van der Waals surface area (Å²) < 4.78 is 13.3. The summed E-state index contributed by atoms with van der Waals surface area (Å²) in [5, 5.41) is 14.2. The smallest absolute Gasteiger partial charge is 0.282 e. The normalized spacial score (nSPS) is 14.4. The van der Waals surface area contributed by atoms with E-state index in [1.54, 1.807) is 24.4 Å². The van der Waals surface area contributed by atoms with Crippen LogP contribution in [0.3, 0.4) is 0 Å². The van der Waals surface area contributed by atoms with Gasteiger partial charge in [0.05, 0.1) is 28.7 Å². The first-order valence-electron chi connectivity index (χ1n) is 11.2. The number of hydrogen-bond donors (Lipinski definition) is 0. The lowest BCUT2D eigenvalue weighted by Crippen LogP contribution is -2.25. The Morgan fingerprint density at radius 3 is 2.79 bits per heavy atom. The van der Waals surface area contributed by atoms with E-state index in [-0.39, 0.29) is 18.1 Å². The maximum atomic E-state index is 13.5. The zero-order valence-corrected chi connectivity index (χ0v) is 21.1. The van der Waals surface area contributed by atoms with Crippen LogP contribution in [0.2, 0.25) is 5.02 Å². The van der Waals surface area contributed by atoms with Gasteiger partial charge >= 0.3 is 0 Å². The van der Waals surface area contributed by atoms with Crippen LogP contribution in [0.4, 0.5) is 0 Å². The van der Waals surface area contributed by atoms with Crippen molar-refractivity contribution in [2.75, 3.05) is 13.2 Å². The summed E-state index contributed by atoms with van der Waals surface area (Å²) in [5.74, 6) is 1.57. The van der Waals surface area contributed by atoms with Crippen molar-refractivity contribution >= 4 is 44.6 Å². The van der Waals surface area contributed by atoms with Gasteiger partial charge in [-0.15, -0.1) is 0 Å². The van der Waals surface area contributed by atoms with Crippen molar-refractivity contribution < 1.29 is 9.47 Å². The van der Waals surface area contributed by atoms with Crippen molar-refractivity contribution in [2.24, 2.45) is 5.10 Å². The van der Waals surface area contributed by atoms with E-state index >= 15 is 0 Å². The Balaban J connectivity index is 1.80. The maximum Gasteiger partial charge on any atom is 0.282 e. The molecule has 4 rings (SSSR count). The molecule has 176 valence electrons. The quantitative estimate of drug-likeness (QED) is 0.339. The van der Waals surface area contributed by atoms with Crippen molar-refractivity contribution in [3.63, 3.8) is 0 Å². The molecule has 0 bridgehead atoms. The first-order valence-corrected chi connectivity index (χ1v) is 12.4. The molecule has 0 spiro atoms. The zero-order valence-electron chi connectivity index (χ0n) is 18.8. The highest BCUT2D eigenvalue weighted by Gasteiger charge is 2.22. The molecular formula is C25H24BrClN4O3. The molecule has 1 aliphatic rings. The number of ether oxygens (including phenoxy) is 2. The minimum absolute atomic E-state index is 0.147. The fraction of sp³-hybridized carbons (Fsp3) is 0.360. The summed E-state index contributed by atoms with van der Waals surface area (Å²) in [4.78, 5) is 18.3. The lowest BCUT2D eigenvalue weighted by molar-refractivity contribution is 0.299. The molecule has 0 amide bonds. The first-order chi connectivity index (χ1) is 16.5. The molecule has 0 unspecified atom stereocenters. The number of aromatic nitrogens is 2. The topological polar surface area (TPSA) is 89.5 Å². The van der Waals surface area contributed by atoms with Crippen LogP contribution < -0.4 is 15.0 Å². The summed E-state index contributed by atoms with van der Waals surface area (Å²) in [5.41, 5.74) is 1.09. The van der Waals surface area contributed by atoms with Gasteiger partial charge in [0, 0.05) is 10.4 Å². The lowest BCUT2D eigenvalue weighted by Gasteiger charge is -2.22. The molecule has 0 aliphatic heterocycles. The Labute approximate surface area is 211 Å². The Kier molecular flexibility index (Phi) is 7.86. The van der Waals surface area contributed by atoms with E-state index in [1.807, 2.05) is 25.1 Å². The molecule has 1 fully saturated rings. The van der Waals surface area contributed by atoms with Crippen LogP contribution in [0, 0.1) is 11.3 Å². The molecule has 7 nitrogen and oxygen atoms in total. The van der Waals surface area contributed by atoms with Gasteiger partial charge in [0.2, 0.25) is 0 Å². The third-order valence-electron chi connectivity index (χ3n) is 5.74. The number of halogens is 2. The Morgan fingerprint density at radius 2 is 2.06 bits per heavy atom. The van der Waals surface area contributed by atoms with Crippen LogP contribution in [0.15, 0.2) is 44.7 Å². The van der Waals surface area contributed by atoms with Gasteiger partial charge in [-0.05, 0) is 55.7 Å². The third kappa shape index (κ3) is 5.26. The maximum absolute atomic E-state index is 13.5. The van der Waals surface area contributed by atoms with Gasteiger partial charge in [-0.1, -0.05) is 46.8 Å². The van der Waals surface area contributed by atoms with Crippen molar-refractivity contribution in [3.8, 4) is 17.6 Å². The summed E-state index contributed by atoms with van der Waals surface area (Å²) in [6.07, 6.45) is 6.95. The molecule has 0 saturated heterocycles. The van der Waals surface area contributed by atoms with Crippen LogP contribution in [-0.2, 0) is 0 Å². The number of fused-ring (bicyclic) bond motifs is 1. The Hall–Kier alpha value is -2.89. The number of benzene rings is 2. The van der Waals surface area contributed by atoms with Gasteiger partial charge in [-0.25, -0.2) is 4.98 Å². The SMILES string of the molecule is CCOc1cc(C=Nn2c(C3CCCCC3)nc3ccc(Br)cc3c2=O)cc(Cl)c1OCC#N. The number of nitrogens with zero attached hydrogens (tertiary/aromatic N) is 4. The molecule has 9 heteroatoms. The third-order valence-corrected chi connectivity index (χ3v) is 6.51. The monoisotopic (exact) mass is 542 g/mol. The molecule has 1 aliphatic carbocycles. The van der Waals surface area contributed by atoms with Gasteiger partial charge in [0.1, 0.15) is 11.9 Å². The molecule has 0 radical (unpaired) electrons. The predicted octanol–water partition coefficient (Wildman–Crippen LogP) is 6.04. The number of hydrogen-bond acceptors (Lipinski definition) is 6. The Bertz CT molecular complexity index is 1330. The molecule has 0 N–H and O–H groups in total. The van der Waals surface area contributed by atoms with E-state index in [1.165, 1.54) is 11.1 Å². The van der Waals surface area contributed by atoms with Crippen molar-refractivity contribution in [1.29, 1.82) is 5.26 Å². The summed E-state index contributed by atoms with van der Waals surface area (Å²) in [6.45, 7) is 2.10. The minimum atomic E-state index is -0.215. The van der Waals surface area contributed by atoms with Gasteiger partial charge in [-0.2, -0.15) is 15.0 Å². The zero-order chi connectivity index (χ0) is 24.1. The largest absolute Gasteiger partial charge is 0.490 e. The number of nitriles is 1. The standard InChI is InChI=1S/C25H24BrClN4O3/c1-2-33-22-13-16(12-20(27)23(22)34-11-10-28)15-29-31-24(17-6-4-3-5-7-17)30-21-9-8-18(26)14-19(21)25(31)32/h8-9,12-15,17H,2-7,11H2,1H3. The highest BCUT2D eigenvalue weighted by Crippen LogP contribution is 2.36. The minimum Gasteiger partial charge on any atom is -0.490 e. The molecule has 3 aromatic rings. The van der Waals surface area contributed by atoms with E-state index in [4.69, 9.17) is 31.3 Å². The average Bonchev–Trinajstić information content (AvgIpc) is 2.84. The van der Waals surface area contributed by atoms with Crippen molar-refractivity contribution in [1.82, 2.24) is 9.66 Å². The first kappa shape index (κ1) is 24.2. The van der Waals surface area contributed by atoms with E-state index in [0.29, 0.717) is 45.4 Å². The molecule has 34 heavy (non-hydrogen) atoms. The fourth-order valence-electron chi connectivity index (χ4n) is 4.20. The van der Waals surface area contributed by atoms with E-state index in [0.717, 1.165) is 30.2 Å². The molecule has 1 saturated carbocycles.